The molecule has 1 heterocycles. The zero-order valence-corrected chi connectivity index (χ0v) is 11.9. The summed E-state index contributed by atoms with van der Waals surface area (Å²) in [7, 11) is 0. The number of fused-ring (bicyclic) bond motifs is 1. The second kappa shape index (κ2) is 4.12. The maximum absolute atomic E-state index is 10.4. The molecule has 2 aliphatic carbocycles. The van der Waals surface area contributed by atoms with Crippen LogP contribution in [-0.2, 0) is 6.42 Å². The number of aryl methyl sites for hydroxylation is 1. The molecule has 0 aromatic carbocycles. The maximum atomic E-state index is 10.4. The molecule has 1 fully saturated rings. The molecule has 18 heavy (non-hydrogen) atoms. The minimum atomic E-state index is -0.259. The van der Waals surface area contributed by atoms with E-state index >= 15 is 0 Å². The smallest absolute Gasteiger partial charge is 0.0812 e. The van der Waals surface area contributed by atoms with Crippen LogP contribution >= 0.6 is 0 Å². The molecule has 1 atom stereocenters. The molecule has 1 aromatic rings. The van der Waals surface area contributed by atoms with Crippen LogP contribution in [0, 0.1) is 12.3 Å². The Labute approximate surface area is 110 Å². The summed E-state index contributed by atoms with van der Waals surface area (Å²) >= 11 is 0. The lowest BCUT2D eigenvalue weighted by Gasteiger charge is -2.35. The van der Waals surface area contributed by atoms with Crippen molar-refractivity contribution in [3.63, 3.8) is 0 Å². The summed E-state index contributed by atoms with van der Waals surface area (Å²) in [5.41, 5.74) is 4.21. The third-order valence-electron chi connectivity index (χ3n) is 4.81. The summed E-state index contributed by atoms with van der Waals surface area (Å²) in [4.78, 5) is 0. The standard InChI is InChI=1S/C16H25NO/c1-11-8-13-14(9-16(2,3)10-15(13)18)17(11)12-6-4-5-7-12/h8,12,15,18H,4-7,9-10H2,1-3H3. The van der Waals surface area contributed by atoms with E-state index < -0.39 is 0 Å². The highest BCUT2D eigenvalue weighted by Gasteiger charge is 2.35. The maximum Gasteiger partial charge on any atom is 0.0812 e. The molecule has 1 aromatic heterocycles. The van der Waals surface area contributed by atoms with Crippen molar-refractivity contribution in [2.75, 3.05) is 0 Å². The van der Waals surface area contributed by atoms with E-state index in [1.54, 1.807) is 0 Å². The van der Waals surface area contributed by atoms with Gasteiger partial charge in [0.25, 0.3) is 0 Å². The first-order valence-electron chi connectivity index (χ1n) is 7.37. The predicted octanol–water partition coefficient (Wildman–Crippen LogP) is 3.92. The molecule has 0 radical (unpaired) electrons. The Kier molecular flexibility index (Phi) is 2.81. The molecule has 2 heteroatoms. The van der Waals surface area contributed by atoms with E-state index in [1.807, 2.05) is 0 Å². The van der Waals surface area contributed by atoms with E-state index in [2.05, 4.69) is 31.4 Å². The van der Waals surface area contributed by atoms with Gasteiger partial charge in [-0.15, -0.1) is 0 Å². The zero-order chi connectivity index (χ0) is 12.9. The lowest BCUT2D eigenvalue weighted by Crippen LogP contribution is -2.27. The summed E-state index contributed by atoms with van der Waals surface area (Å²) in [5, 5.41) is 10.4. The molecule has 1 unspecified atom stereocenters. The highest BCUT2D eigenvalue weighted by molar-refractivity contribution is 5.34. The van der Waals surface area contributed by atoms with Crippen molar-refractivity contribution < 1.29 is 5.11 Å². The Morgan fingerprint density at radius 2 is 1.94 bits per heavy atom. The van der Waals surface area contributed by atoms with Gasteiger partial charge < -0.3 is 9.67 Å². The van der Waals surface area contributed by atoms with Gasteiger partial charge in [-0.25, -0.2) is 0 Å². The molecule has 0 aliphatic heterocycles. The van der Waals surface area contributed by atoms with Gasteiger partial charge in [0.15, 0.2) is 0 Å². The van der Waals surface area contributed by atoms with Gasteiger partial charge in [0.05, 0.1) is 6.10 Å². The quantitative estimate of drug-likeness (QED) is 0.799. The average Bonchev–Trinajstić information content (AvgIpc) is 2.83. The van der Waals surface area contributed by atoms with Crippen LogP contribution < -0.4 is 0 Å². The summed E-state index contributed by atoms with van der Waals surface area (Å²) in [5.74, 6) is 0. The zero-order valence-electron chi connectivity index (χ0n) is 11.9. The minimum Gasteiger partial charge on any atom is -0.388 e. The highest BCUT2D eigenvalue weighted by atomic mass is 16.3. The molecular weight excluding hydrogens is 222 g/mol. The highest BCUT2D eigenvalue weighted by Crippen LogP contribution is 2.44. The minimum absolute atomic E-state index is 0.230. The average molecular weight is 247 g/mol. The Morgan fingerprint density at radius 1 is 1.28 bits per heavy atom. The SMILES string of the molecule is Cc1cc2c(n1C1CCCC1)CC(C)(C)CC2O. The first-order valence-corrected chi connectivity index (χ1v) is 7.37. The van der Waals surface area contributed by atoms with E-state index in [1.165, 1.54) is 42.6 Å². The lowest BCUT2D eigenvalue weighted by molar-refractivity contribution is 0.0974. The van der Waals surface area contributed by atoms with Crippen LogP contribution in [0.1, 0.15) is 75.0 Å². The number of nitrogens with zero attached hydrogens (tertiary/aromatic N) is 1. The van der Waals surface area contributed by atoms with E-state index in [4.69, 9.17) is 0 Å². The van der Waals surface area contributed by atoms with Crippen molar-refractivity contribution in [2.24, 2.45) is 5.41 Å². The Hall–Kier alpha value is -0.760. The van der Waals surface area contributed by atoms with Gasteiger partial charge in [0.2, 0.25) is 0 Å². The molecule has 2 nitrogen and oxygen atoms in total. The lowest BCUT2D eigenvalue weighted by atomic mass is 9.75. The Bertz CT molecular complexity index is 452. The van der Waals surface area contributed by atoms with Crippen LogP contribution in [0.15, 0.2) is 6.07 Å². The fraction of sp³-hybridized carbons (Fsp3) is 0.750. The first-order chi connectivity index (χ1) is 8.48. The monoisotopic (exact) mass is 247 g/mol. The van der Waals surface area contributed by atoms with Crippen LogP contribution in [0.4, 0.5) is 0 Å². The van der Waals surface area contributed by atoms with Gasteiger partial charge in [-0.05, 0) is 44.1 Å². The van der Waals surface area contributed by atoms with Crippen LogP contribution in [0.3, 0.4) is 0 Å². The molecule has 0 saturated heterocycles. The summed E-state index contributed by atoms with van der Waals surface area (Å²) in [6.45, 7) is 6.76. The van der Waals surface area contributed by atoms with Gasteiger partial charge in [-0.3, -0.25) is 0 Å². The van der Waals surface area contributed by atoms with Crippen LogP contribution in [-0.4, -0.2) is 9.67 Å². The van der Waals surface area contributed by atoms with E-state index in [9.17, 15) is 5.11 Å². The molecule has 100 valence electrons. The van der Waals surface area contributed by atoms with Gasteiger partial charge >= 0.3 is 0 Å². The fourth-order valence-corrected chi connectivity index (χ4v) is 4.04. The number of aliphatic hydroxyl groups is 1. The molecule has 0 amide bonds. The number of aromatic nitrogens is 1. The van der Waals surface area contributed by atoms with E-state index in [0.717, 1.165) is 12.8 Å². The third kappa shape index (κ3) is 1.91. The number of rotatable bonds is 1. The van der Waals surface area contributed by atoms with Gasteiger partial charge in [0, 0.05) is 23.0 Å². The summed E-state index contributed by atoms with van der Waals surface area (Å²) in [6, 6.07) is 2.92. The van der Waals surface area contributed by atoms with Gasteiger partial charge in [-0.2, -0.15) is 0 Å². The van der Waals surface area contributed by atoms with E-state index in [0.29, 0.717) is 6.04 Å². The van der Waals surface area contributed by atoms with Crippen molar-refractivity contribution in [2.45, 2.75) is 71.4 Å². The molecule has 1 saturated carbocycles. The van der Waals surface area contributed by atoms with Gasteiger partial charge in [-0.1, -0.05) is 26.7 Å². The normalized spacial score (nSPS) is 27.4. The van der Waals surface area contributed by atoms with Crippen LogP contribution in [0.5, 0.6) is 0 Å². The Balaban J connectivity index is 2.05. The van der Waals surface area contributed by atoms with Crippen molar-refractivity contribution in [3.05, 3.63) is 23.0 Å². The van der Waals surface area contributed by atoms with Crippen molar-refractivity contribution >= 4 is 0 Å². The van der Waals surface area contributed by atoms with Crippen LogP contribution in [0.25, 0.3) is 0 Å². The Morgan fingerprint density at radius 3 is 2.61 bits per heavy atom. The second-order valence-corrected chi connectivity index (χ2v) is 7.06. The van der Waals surface area contributed by atoms with E-state index in [-0.39, 0.29) is 11.5 Å². The van der Waals surface area contributed by atoms with Crippen LogP contribution in [0.2, 0.25) is 0 Å². The largest absolute Gasteiger partial charge is 0.388 e. The van der Waals surface area contributed by atoms with Crippen molar-refractivity contribution in [1.82, 2.24) is 4.57 Å². The fourth-order valence-electron chi connectivity index (χ4n) is 4.04. The van der Waals surface area contributed by atoms with Gasteiger partial charge in [0.1, 0.15) is 0 Å². The summed E-state index contributed by atoms with van der Waals surface area (Å²) in [6.07, 6.45) is 7.12. The summed E-state index contributed by atoms with van der Waals surface area (Å²) < 4.78 is 2.55. The first kappa shape index (κ1) is 12.3. The number of hydrogen-bond donors (Lipinski definition) is 1. The number of aliphatic hydroxyl groups excluding tert-OH is 1. The van der Waals surface area contributed by atoms with Crippen molar-refractivity contribution in [1.29, 1.82) is 0 Å². The molecule has 3 rings (SSSR count). The number of hydrogen-bond acceptors (Lipinski definition) is 1. The van der Waals surface area contributed by atoms with Crippen molar-refractivity contribution in [3.8, 4) is 0 Å². The molecule has 2 aliphatic rings. The molecule has 0 spiro atoms. The third-order valence-corrected chi connectivity index (χ3v) is 4.81. The predicted molar refractivity (Wildman–Crippen MR) is 73.7 cm³/mol. The topological polar surface area (TPSA) is 25.2 Å². The molecule has 0 bridgehead atoms. The molecule has 1 N–H and O–H groups in total. The molecular formula is C16H25NO. The second-order valence-electron chi connectivity index (χ2n) is 7.06.